The molecule has 0 saturated carbocycles. The lowest BCUT2D eigenvalue weighted by atomic mass is 9.99. The Hall–Kier alpha value is -1.28. The van der Waals surface area contributed by atoms with Crippen LogP contribution in [0.15, 0.2) is 18.2 Å². The highest BCUT2D eigenvalue weighted by molar-refractivity contribution is 5.89. The van der Waals surface area contributed by atoms with Crippen molar-refractivity contribution in [1.29, 1.82) is 0 Å². The zero-order valence-corrected chi connectivity index (χ0v) is 10.5. The van der Waals surface area contributed by atoms with Gasteiger partial charge >= 0.3 is 0 Å². The minimum atomic E-state index is 0.235. The molecule has 0 spiro atoms. The number of aliphatic hydroxyl groups excluding tert-OH is 1. The van der Waals surface area contributed by atoms with Crippen LogP contribution in [0.1, 0.15) is 36.2 Å². The lowest BCUT2D eigenvalue weighted by Crippen LogP contribution is -2.13. The molecule has 2 aromatic rings. The van der Waals surface area contributed by atoms with Gasteiger partial charge in [0.2, 0.25) is 0 Å². The van der Waals surface area contributed by atoms with Gasteiger partial charge in [0.05, 0.1) is 5.52 Å². The van der Waals surface area contributed by atoms with Crippen molar-refractivity contribution in [3.05, 3.63) is 35.0 Å². The van der Waals surface area contributed by atoms with Crippen molar-refractivity contribution in [1.82, 2.24) is 4.57 Å². The second kappa shape index (κ2) is 3.88. The van der Waals surface area contributed by atoms with E-state index in [9.17, 15) is 5.11 Å². The lowest BCUT2D eigenvalue weighted by molar-refractivity contribution is 0.299. The van der Waals surface area contributed by atoms with E-state index in [1.54, 1.807) is 0 Å². The first-order valence-electron chi connectivity index (χ1n) is 6.46. The molecule has 0 bridgehead atoms. The highest BCUT2D eigenvalue weighted by Crippen LogP contribution is 2.36. The summed E-state index contributed by atoms with van der Waals surface area (Å²) < 4.78 is 2.47. The summed E-state index contributed by atoms with van der Waals surface area (Å²) in [7, 11) is 0. The molecular weight excluding hydrogens is 210 g/mol. The van der Waals surface area contributed by atoms with E-state index >= 15 is 0 Å². The van der Waals surface area contributed by atoms with Crippen molar-refractivity contribution in [2.24, 2.45) is 0 Å². The number of aliphatic hydroxyl groups is 1. The van der Waals surface area contributed by atoms with Gasteiger partial charge in [-0.05, 0) is 44.2 Å². The molecule has 1 aliphatic heterocycles. The predicted octanol–water partition coefficient (Wildman–Crippen LogP) is 2.99. The van der Waals surface area contributed by atoms with Gasteiger partial charge in [0.1, 0.15) is 0 Å². The number of hydrogen-bond acceptors (Lipinski definition) is 1. The Morgan fingerprint density at radius 3 is 3.00 bits per heavy atom. The van der Waals surface area contributed by atoms with Gasteiger partial charge in [-0.3, -0.25) is 0 Å². The molecule has 0 fully saturated rings. The maximum atomic E-state index is 9.23. The average molecular weight is 229 g/mol. The number of nitrogens with zero attached hydrogens (tertiary/aromatic N) is 1. The summed E-state index contributed by atoms with van der Waals surface area (Å²) in [6, 6.07) is 7.18. The molecule has 1 N–H and O–H groups in total. The molecule has 2 nitrogen and oxygen atoms in total. The fourth-order valence-electron chi connectivity index (χ4n) is 3.30. The van der Waals surface area contributed by atoms with Gasteiger partial charge in [0, 0.05) is 23.7 Å². The van der Waals surface area contributed by atoms with Crippen molar-refractivity contribution in [3.63, 3.8) is 0 Å². The highest BCUT2D eigenvalue weighted by atomic mass is 16.2. The molecule has 0 radical (unpaired) electrons. The van der Waals surface area contributed by atoms with Crippen molar-refractivity contribution in [2.75, 3.05) is 6.61 Å². The average Bonchev–Trinajstić information content (AvgIpc) is 2.61. The quantitative estimate of drug-likeness (QED) is 0.841. The number of para-hydroxylation sites is 1. The van der Waals surface area contributed by atoms with Crippen LogP contribution in [0.2, 0.25) is 0 Å². The SMILES string of the molecule is Cc1c(CCO)c2cccc3c2n1C(C)CC3. The van der Waals surface area contributed by atoms with Gasteiger partial charge in [0.15, 0.2) is 0 Å². The molecule has 0 amide bonds. The first-order valence-corrected chi connectivity index (χ1v) is 6.46. The van der Waals surface area contributed by atoms with Crippen LogP contribution in [0, 0.1) is 6.92 Å². The Labute approximate surface area is 102 Å². The Morgan fingerprint density at radius 2 is 2.24 bits per heavy atom. The minimum absolute atomic E-state index is 0.235. The molecular formula is C15H19NO. The third-order valence-corrected chi connectivity index (χ3v) is 4.12. The van der Waals surface area contributed by atoms with Crippen LogP contribution >= 0.6 is 0 Å². The van der Waals surface area contributed by atoms with E-state index in [2.05, 4.69) is 36.6 Å². The fraction of sp³-hybridized carbons (Fsp3) is 0.467. The first kappa shape index (κ1) is 10.8. The van der Waals surface area contributed by atoms with Gasteiger partial charge in [-0.25, -0.2) is 0 Å². The van der Waals surface area contributed by atoms with Crippen LogP contribution in [-0.2, 0) is 12.8 Å². The number of rotatable bonds is 2. The highest BCUT2D eigenvalue weighted by Gasteiger charge is 2.23. The monoisotopic (exact) mass is 229 g/mol. The van der Waals surface area contributed by atoms with Crippen molar-refractivity contribution >= 4 is 10.9 Å². The topological polar surface area (TPSA) is 25.2 Å². The van der Waals surface area contributed by atoms with Gasteiger partial charge in [-0.2, -0.15) is 0 Å². The molecule has 3 rings (SSSR count). The number of hydrogen-bond donors (Lipinski definition) is 1. The second-order valence-corrected chi connectivity index (χ2v) is 5.11. The van der Waals surface area contributed by atoms with Gasteiger partial charge in [-0.15, -0.1) is 0 Å². The summed E-state index contributed by atoms with van der Waals surface area (Å²) in [4.78, 5) is 0. The standard InChI is InChI=1S/C15H19NO/c1-10-6-7-12-4-3-5-14-13(8-9-17)11(2)16(10)15(12)14/h3-5,10,17H,6-9H2,1-2H3. The molecule has 1 atom stereocenters. The van der Waals surface area contributed by atoms with E-state index in [1.165, 1.54) is 40.6 Å². The molecule has 17 heavy (non-hydrogen) atoms. The molecule has 0 aliphatic carbocycles. The third-order valence-electron chi connectivity index (χ3n) is 4.12. The van der Waals surface area contributed by atoms with Crippen molar-refractivity contribution in [3.8, 4) is 0 Å². The number of aromatic nitrogens is 1. The number of aryl methyl sites for hydroxylation is 1. The molecule has 2 heteroatoms. The fourth-order valence-corrected chi connectivity index (χ4v) is 3.30. The molecule has 1 aromatic heterocycles. The summed E-state index contributed by atoms with van der Waals surface area (Å²) in [5.74, 6) is 0. The van der Waals surface area contributed by atoms with Crippen LogP contribution < -0.4 is 0 Å². The Bertz CT molecular complexity index is 568. The van der Waals surface area contributed by atoms with Gasteiger partial charge < -0.3 is 9.67 Å². The molecule has 1 aliphatic rings. The largest absolute Gasteiger partial charge is 0.396 e. The molecule has 2 heterocycles. The van der Waals surface area contributed by atoms with E-state index in [0.29, 0.717) is 6.04 Å². The van der Waals surface area contributed by atoms with E-state index in [0.717, 1.165) is 6.42 Å². The van der Waals surface area contributed by atoms with Gasteiger partial charge in [-0.1, -0.05) is 18.2 Å². The zero-order valence-electron chi connectivity index (χ0n) is 10.5. The second-order valence-electron chi connectivity index (χ2n) is 5.11. The maximum absolute atomic E-state index is 9.23. The maximum Gasteiger partial charge on any atom is 0.0520 e. The van der Waals surface area contributed by atoms with Crippen molar-refractivity contribution in [2.45, 2.75) is 39.2 Å². The van der Waals surface area contributed by atoms with E-state index in [-0.39, 0.29) is 6.61 Å². The smallest absolute Gasteiger partial charge is 0.0520 e. The van der Waals surface area contributed by atoms with Crippen LogP contribution in [0.4, 0.5) is 0 Å². The minimum Gasteiger partial charge on any atom is -0.396 e. The Kier molecular flexibility index (Phi) is 2.48. The van der Waals surface area contributed by atoms with E-state index in [1.807, 2.05) is 0 Å². The summed E-state index contributed by atoms with van der Waals surface area (Å²) in [5, 5.41) is 10.6. The zero-order chi connectivity index (χ0) is 12.0. The molecule has 0 saturated heterocycles. The van der Waals surface area contributed by atoms with Crippen LogP contribution in [-0.4, -0.2) is 16.3 Å². The molecule has 1 unspecified atom stereocenters. The normalized spacial score (nSPS) is 18.9. The molecule has 90 valence electrons. The third kappa shape index (κ3) is 1.44. The predicted molar refractivity (Wildman–Crippen MR) is 70.5 cm³/mol. The lowest BCUT2D eigenvalue weighted by Gasteiger charge is -2.24. The van der Waals surface area contributed by atoms with Crippen LogP contribution in [0.5, 0.6) is 0 Å². The Balaban J connectivity index is 2.38. The van der Waals surface area contributed by atoms with E-state index < -0.39 is 0 Å². The number of benzene rings is 1. The summed E-state index contributed by atoms with van der Waals surface area (Å²) in [6.45, 7) is 4.72. The van der Waals surface area contributed by atoms with Gasteiger partial charge in [0.25, 0.3) is 0 Å². The van der Waals surface area contributed by atoms with Crippen LogP contribution in [0.25, 0.3) is 10.9 Å². The molecule has 1 aromatic carbocycles. The summed E-state index contributed by atoms with van der Waals surface area (Å²) in [6.07, 6.45) is 3.17. The van der Waals surface area contributed by atoms with E-state index in [4.69, 9.17) is 0 Å². The summed E-state index contributed by atoms with van der Waals surface area (Å²) >= 11 is 0. The Morgan fingerprint density at radius 1 is 1.41 bits per heavy atom. The van der Waals surface area contributed by atoms with Crippen molar-refractivity contribution < 1.29 is 5.11 Å². The van der Waals surface area contributed by atoms with Crippen LogP contribution in [0.3, 0.4) is 0 Å². The summed E-state index contributed by atoms with van der Waals surface area (Å²) in [5.41, 5.74) is 5.55. The first-order chi connectivity index (χ1) is 8.24.